The van der Waals surface area contributed by atoms with Crippen LogP contribution in [-0.4, -0.2) is 26.7 Å². The fraction of sp³-hybridized carbons (Fsp3) is 0.273. The summed E-state index contributed by atoms with van der Waals surface area (Å²) in [5, 5.41) is 20.6. The summed E-state index contributed by atoms with van der Waals surface area (Å²) in [6.07, 6.45) is 1.80. The quantitative estimate of drug-likeness (QED) is 0.882. The standard InChI is InChI=1S/C11H12BrClN4O/c12-10-5-8(13)1-2-11(10)14-6-9-7-17(3-4-18)16-15-9/h1-2,5,7,14,18H,3-4,6H2. The smallest absolute Gasteiger partial charge is 0.102 e. The molecule has 1 aromatic carbocycles. The summed E-state index contributed by atoms with van der Waals surface area (Å²) < 4.78 is 2.51. The van der Waals surface area contributed by atoms with Gasteiger partial charge in [0.05, 0.1) is 25.9 Å². The first-order valence-corrected chi connectivity index (χ1v) is 6.55. The second kappa shape index (κ2) is 6.17. The van der Waals surface area contributed by atoms with Crippen molar-refractivity contribution >= 4 is 33.2 Å². The number of aliphatic hydroxyl groups excluding tert-OH is 1. The molecule has 5 nitrogen and oxygen atoms in total. The number of nitrogens with one attached hydrogen (secondary N) is 1. The van der Waals surface area contributed by atoms with E-state index in [9.17, 15) is 0 Å². The number of aliphatic hydroxyl groups is 1. The third kappa shape index (κ3) is 3.44. The van der Waals surface area contributed by atoms with Gasteiger partial charge in [-0.25, -0.2) is 4.68 Å². The zero-order chi connectivity index (χ0) is 13.0. The number of benzene rings is 1. The van der Waals surface area contributed by atoms with Gasteiger partial charge in [-0.1, -0.05) is 16.8 Å². The fourth-order valence-electron chi connectivity index (χ4n) is 1.45. The topological polar surface area (TPSA) is 63.0 Å². The first-order valence-electron chi connectivity index (χ1n) is 5.38. The highest BCUT2D eigenvalue weighted by atomic mass is 79.9. The summed E-state index contributed by atoms with van der Waals surface area (Å²) in [7, 11) is 0. The molecule has 0 aliphatic carbocycles. The molecule has 7 heteroatoms. The van der Waals surface area contributed by atoms with Crippen LogP contribution in [0.4, 0.5) is 5.69 Å². The summed E-state index contributed by atoms with van der Waals surface area (Å²) in [5.41, 5.74) is 1.75. The van der Waals surface area contributed by atoms with E-state index in [0.717, 1.165) is 15.9 Å². The number of anilines is 1. The van der Waals surface area contributed by atoms with E-state index in [1.165, 1.54) is 0 Å². The van der Waals surface area contributed by atoms with Gasteiger partial charge in [-0.05, 0) is 34.1 Å². The van der Waals surface area contributed by atoms with Crippen LogP contribution in [0, 0.1) is 0 Å². The van der Waals surface area contributed by atoms with Crippen molar-refractivity contribution in [2.75, 3.05) is 11.9 Å². The summed E-state index contributed by atoms with van der Waals surface area (Å²) >= 11 is 9.29. The normalized spacial score (nSPS) is 10.6. The van der Waals surface area contributed by atoms with E-state index in [-0.39, 0.29) is 6.61 Å². The Labute approximate surface area is 118 Å². The molecule has 96 valence electrons. The second-order valence-corrected chi connectivity index (χ2v) is 4.97. The highest BCUT2D eigenvalue weighted by Crippen LogP contribution is 2.26. The van der Waals surface area contributed by atoms with E-state index in [1.807, 2.05) is 18.2 Å². The van der Waals surface area contributed by atoms with Gasteiger partial charge >= 0.3 is 0 Å². The van der Waals surface area contributed by atoms with Crippen LogP contribution in [-0.2, 0) is 13.1 Å². The molecule has 2 N–H and O–H groups in total. The Hall–Kier alpha value is -1.11. The van der Waals surface area contributed by atoms with Crippen molar-refractivity contribution in [1.29, 1.82) is 0 Å². The Bertz CT molecular complexity index is 532. The molecule has 0 bridgehead atoms. The van der Waals surface area contributed by atoms with Crippen LogP contribution in [0.2, 0.25) is 5.02 Å². The van der Waals surface area contributed by atoms with Gasteiger partial charge in [0.15, 0.2) is 0 Å². The highest BCUT2D eigenvalue weighted by molar-refractivity contribution is 9.10. The van der Waals surface area contributed by atoms with E-state index in [0.29, 0.717) is 18.1 Å². The molecule has 2 aromatic rings. The first-order chi connectivity index (χ1) is 8.69. The fourth-order valence-corrected chi connectivity index (χ4v) is 2.27. The maximum Gasteiger partial charge on any atom is 0.102 e. The summed E-state index contributed by atoms with van der Waals surface area (Å²) in [4.78, 5) is 0. The van der Waals surface area contributed by atoms with E-state index in [1.54, 1.807) is 10.9 Å². The molecule has 1 heterocycles. The van der Waals surface area contributed by atoms with Gasteiger partial charge in [-0.3, -0.25) is 0 Å². The van der Waals surface area contributed by atoms with Crippen molar-refractivity contribution in [2.45, 2.75) is 13.1 Å². The number of halogens is 2. The van der Waals surface area contributed by atoms with E-state index < -0.39 is 0 Å². The lowest BCUT2D eigenvalue weighted by Crippen LogP contribution is -2.02. The number of hydrogen-bond acceptors (Lipinski definition) is 4. The maximum atomic E-state index is 8.78. The lowest BCUT2D eigenvalue weighted by molar-refractivity contribution is 0.268. The minimum atomic E-state index is 0.0545. The predicted octanol–water partition coefficient (Wildman–Crippen LogP) is 2.30. The van der Waals surface area contributed by atoms with Gasteiger partial charge < -0.3 is 10.4 Å². The molecule has 0 atom stereocenters. The van der Waals surface area contributed by atoms with Crippen molar-refractivity contribution in [2.24, 2.45) is 0 Å². The number of aromatic nitrogens is 3. The molecule has 0 unspecified atom stereocenters. The molecule has 0 saturated heterocycles. The van der Waals surface area contributed by atoms with Crippen LogP contribution in [0.3, 0.4) is 0 Å². The molecule has 0 amide bonds. The monoisotopic (exact) mass is 330 g/mol. The lowest BCUT2D eigenvalue weighted by Gasteiger charge is -2.06. The van der Waals surface area contributed by atoms with E-state index in [4.69, 9.17) is 16.7 Å². The second-order valence-electron chi connectivity index (χ2n) is 3.67. The van der Waals surface area contributed by atoms with Crippen molar-refractivity contribution in [1.82, 2.24) is 15.0 Å². The lowest BCUT2D eigenvalue weighted by atomic mass is 10.3. The largest absolute Gasteiger partial charge is 0.394 e. The van der Waals surface area contributed by atoms with Crippen LogP contribution in [0.25, 0.3) is 0 Å². The predicted molar refractivity (Wildman–Crippen MR) is 73.6 cm³/mol. The third-order valence-corrected chi connectivity index (χ3v) is 3.20. The van der Waals surface area contributed by atoms with Crippen molar-refractivity contribution in [3.8, 4) is 0 Å². The molecule has 0 aliphatic heterocycles. The minimum absolute atomic E-state index is 0.0545. The van der Waals surface area contributed by atoms with Gasteiger partial charge in [-0.2, -0.15) is 0 Å². The summed E-state index contributed by atoms with van der Waals surface area (Å²) in [5.74, 6) is 0. The molecule has 0 fully saturated rings. The van der Waals surface area contributed by atoms with Crippen molar-refractivity contribution in [3.05, 3.63) is 39.6 Å². The first kappa shape index (κ1) is 13.3. The molecular formula is C11H12BrClN4O. The van der Waals surface area contributed by atoms with Crippen LogP contribution in [0.1, 0.15) is 5.69 Å². The molecule has 0 saturated carbocycles. The Kier molecular flexibility index (Phi) is 4.57. The van der Waals surface area contributed by atoms with Gasteiger partial charge in [-0.15, -0.1) is 5.10 Å². The average molecular weight is 332 g/mol. The van der Waals surface area contributed by atoms with E-state index in [2.05, 4.69) is 31.6 Å². The number of hydrogen-bond donors (Lipinski definition) is 2. The summed E-state index contributed by atoms with van der Waals surface area (Å²) in [6, 6.07) is 5.54. The molecule has 2 rings (SSSR count). The summed E-state index contributed by atoms with van der Waals surface area (Å²) in [6.45, 7) is 1.07. The molecule has 18 heavy (non-hydrogen) atoms. The maximum absolute atomic E-state index is 8.78. The van der Waals surface area contributed by atoms with Gasteiger partial charge in [0.2, 0.25) is 0 Å². The zero-order valence-electron chi connectivity index (χ0n) is 9.48. The van der Waals surface area contributed by atoms with Crippen molar-refractivity contribution in [3.63, 3.8) is 0 Å². The Morgan fingerprint density at radius 2 is 2.28 bits per heavy atom. The van der Waals surface area contributed by atoms with Crippen LogP contribution in [0.5, 0.6) is 0 Å². The Balaban J connectivity index is 1.97. The van der Waals surface area contributed by atoms with E-state index >= 15 is 0 Å². The van der Waals surface area contributed by atoms with Crippen molar-refractivity contribution < 1.29 is 5.11 Å². The third-order valence-electron chi connectivity index (χ3n) is 2.31. The van der Waals surface area contributed by atoms with Crippen LogP contribution in [0.15, 0.2) is 28.9 Å². The number of rotatable bonds is 5. The van der Waals surface area contributed by atoms with Gasteiger partial charge in [0.1, 0.15) is 5.69 Å². The molecule has 0 radical (unpaired) electrons. The molecule has 0 aliphatic rings. The zero-order valence-corrected chi connectivity index (χ0v) is 11.8. The van der Waals surface area contributed by atoms with Crippen LogP contribution >= 0.6 is 27.5 Å². The number of nitrogens with zero attached hydrogens (tertiary/aromatic N) is 3. The Morgan fingerprint density at radius 1 is 1.44 bits per heavy atom. The average Bonchev–Trinajstić information content (AvgIpc) is 2.76. The SMILES string of the molecule is OCCn1cc(CNc2ccc(Cl)cc2Br)nn1. The molecule has 0 spiro atoms. The molecular weight excluding hydrogens is 320 g/mol. The van der Waals surface area contributed by atoms with Gasteiger partial charge in [0.25, 0.3) is 0 Å². The molecule has 1 aromatic heterocycles. The highest BCUT2D eigenvalue weighted by Gasteiger charge is 2.03. The Morgan fingerprint density at radius 3 is 3.00 bits per heavy atom. The minimum Gasteiger partial charge on any atom is -0.394 e. The van der Waals surface area contributed by atoms with Crippen LogP contribution < -0.4 is 5.32 Å². The van der Waals surface area contributed by atoms with Gasteiger partial charge in [0, 0.05) is 15.2 Å².